The summed E-state index contributed by atoms with van der Waals surface area (Å²) in [6.07, 6.45) is 11.3. The van der Waals surface area contributed by atoms with Crippen molar-refractivity contribution in [2.45, 2.75) is 25.8 Å². The number of hydrogen-bond acceptors (Lipinski definition) is 6. The second-order valence-corrected chi connectivity index (χ2v) is 9.60. The summed E-state index contributed by atoms with van der Waals surface area (Å²) in [5.74, 6) is 0. The van der Waals surface area contributed by atoms with E-state index in [9.17, 15) is 0 Å². The molecule has 182 valence electrons. The molecule has 0 aliphatic carbocycles. The van der Waals surface area contributed by atoms with Crippen molar-refractivity contribution >= 4 is 21.9 Å². The number of likely N-dealkylation sites (tertiary alicyclic amines) is 1. The molecule has 0 bridgehead atoms. The molecule has 6 aromatic rings. The van der Waals surface area contributed by atoms with E-state index in [0.717, 1.165) is 75.6 Å². The lowest BCUT2D eigenvalue weighted by atomic mass is 10.1. The third-order valence-corrected chi connectivity index (χ3v) is 7.06. The van der Waals surface area contributed by atoms with Crippen molar-refractivity contribution in [3.63, 3.8) is 0 Å². The van der Waals surface area contributed by atoms with Crippen molar-refractivity contribution in [2.75, 3.05) is 13.1 Å². The summed E-state index contributed by atoms with van der Waals surface area (Å²) in [5, 5.41) is 8.75. The van der Waals surface area contributed by atoms with E-state index in [-0.39, 0.29) is 0 Å². The predicted molar refractivity (Wildman–Crippen MR) is 145 cm³/mol. The Morgan fingerprint density at radius 2 is 1.76 bits per heavy atom. The normalized spacial score (nSPS) is 14.5. The van der Waals surface area contributed by atoms with Gasteiger partial charge < -0.3 is 4.98 Å². The van der Waals surface area contributed by atoms with E-state index in [0.29, 0.717) is 0 Å². The van der Waals surface area contributed by atoms with E-state index in [1.54, 1.807) is 12.4 Å². The highest BCUT2D eigenvalue weighted by Crippen LogP contribution is 2.32. The summed E-state index contributed by atoms with van der Waals surface area (Å²) < 4.78 is 0. The van der Waals surface area contributed by atoms with Crippen LogP contribution in [-0.2, 0) is 6.54 Å². The molecule has 1 saturated heterocycles. The fraction of sp³-hybridized carbons (Fsp3) is 0.207. The summed E-state index contributed by atoms with van der Waals surface area (Å²) in [6, 6.07) is 16.2. The number of rotatable bonds is 5. The van der Waals surface area contributed by atoms with Crippen LogP contribution in [0, 0.1) is 0 Å². The number of H-pyrrole nitrogens is 2. The average molecular weight is 487 g/mol. The summed E-state index contributed by atoms with van der Waals surface area (Å²) in [6.45, 7) is 3.26. The molecule has 7 rings (SSSR count). The summed E-state index contributed by atoms with van der Waals surface area (Å²) in [5.41, 5.74) is 9.14. The number of hydrogen-bond donors (Lipinski definition) is 2. The lowest BCUT2D eigenvalue weighted by molar-refractivity contribution is 0.220. The van der Waals surface area contributed by atoms with E-state index < -0.39 is 0 Å². The van der Waals surface area contributed by atoms with E-state index in [2.05, 4.69) is 47.2 Å². The molecule has 37 heavy (non-hydrogen) atoms. The van der Waals surface area contributed by atoms with Gasteiger partial charge in [0.15, 0.2) is 0 Å². The molecule has 0 atom stereocenters. The number of aromatic amines is 2. The molecule has 0 radical (unpaired) electrons. The van der Waals surface area contributed by atoms with E-state index in [1.807, 2.05) is 48.8 Å². The first-order valence-corrected chi connectivity index (χ1v) is 12.7. The van der Waals surface area contributed by atoms with Gasteiger partial charge in [-0.15, -0.1) is 0 Å². The number of nitrogens with zero attached hydrogens (tertiary/aromatic N) is 6. The van der Waals surface area contributed by atoms with Crippen LogP contribution in [0.1, 0.15) is 24.8 Å². The first kappa shape index (κ1) is 21.8. The van der Waals surface area contributed by atoms with Gasteiger partial charge in [0.05, 0.1) is 28.3 Å². The molecule has 7 heterocycles. The van der Waals surface area contributed by atoms with Crippen molar-refractivity contribution in [3.05, 3.63) is 78.9 Å². The van der Waals surface area contributed by atoms with E-state index >= 15 is 0 Å². The van der Waals surface area contributed by atoms with Crippen LogP contribution in [0.2, 0.25) is 0 Å². The summed E-state index contributed by atoms with van der Waals surface area (Å²) >= 11 is 0. The largest absolute Gasteiger partial charge is 0.353 e. The van der Waals surface area contributed by atoms with E-state index in [4.69, 9.17) is 4.98 Å². The van der Waals surface area contributed by atoms with Gasteiger partial charge in [0.2, 0.25) is 0 Å². The van der Waals surface area contributed by atoms with Crippen LogP contribution >= 0.6 is 0 Å². The molecule has 8 heteroatoms. The second kappa shape index (κ2) is 9.22. The minimum atomic E-state index is 0.775. The SMILES string of the molecule is c1ccc(-c2nccc3[nH]c(-c4n[nH]c5ccc(-c6cncc(CN7CCCCC7)c6)nc45)cc23)nc1. The van der Waals surface area contributed by atoms with Gasteiger partial charge in [-0.1, -0.05) is 12.5 Å². The fourth-order valence-corrected chi connectivity index (χ4v) is 5.23. The third-order valence-electron chi connectivity index (χ3n) is 7.06. The van der Waals surface area contributed by atoms with E-state index in [1.165, 1.54) is 24.8 Å². The molecule has 0 saturated carbocycles. The zero-order valence-corrected chi connectivity index (χ0v) is 20.4. The van der Waals surface area contributed by atoms with Crippen LogP contribution in [0.15, 0.2) is 73.3 Å². The van der Waals surface area contributed by atoms with Crippen molar-refractivity contribution in [1.82, 2.24) is 40.0 Å². The molecule has 1 aliphatic rings. The molecule has 0 aromatic carbocycles. The van der Waals surface area contributed by atoms with Gasteiger partial charge >= 0.3 is 0 Å². The van der Waals surface area contributed by atoms with Crippen molar-refractivity contribution in [3.8, 4) is 34.0 Å². The highest BCUT2D eigenvalue weighted by atomic mass is 15.1. The minimum Gasteiger partial charge on any atom is -0.353 e. The number of aromatic nitrogens is 7. The summed E-state index contributed by atoms with van der Waals surface area (Å²) in [7, 11) is 0. The van der Waals surface area contributed by atoms with Gasteiger partial charge in [-0.25, -0.2) is 4.98 Å². The van der Waals surface area contributed by atoms with Gasteiger partial charge in [0.1, 0.15) is 11.2 Å². The van der Waals surface area contributed by atoms with Crippen LogP contribution in [-0.4, -0.2) is 53.1 Å². The minimum absolute atomic E-state index is 0.775. The standard InChI is InChI=1S/C29H26N8/c1-4-12-37(13-5-1)18-19-14-20(17-30-16-19)22-7-8-25-28(34-22)29(36-35-25)26-15-21-23(33-26)9-11-32-27(21)24-6-2-3-10-31-24/h2-3,6-11,14-17,33H,1,4-5,12-13,18H2,(H,35,36). The number of nitrogens with one attached hydrogen (secondary N) is 2. The lowest BCUT2D eigenvalue weighted by Gasteiger charge is -2.26. The van der Waals surface area contributed by atoms with Gasteiger partial charge in [-0.05, 0) is 74.0 Å². The van der Waals surface area contributed by atoms with Crippen molar-refractivity contribution < 1.29 is 0 Å². The van der Waals surface area contributed by atoms with Gasteiger partial charge in [0.25, 0.3) is 0 Å². The Labute approximate surface area is 213 Å². The Morgan fingerprint density at radius 1 is 0.811 bits per heavy atom. The molecular weight excluding hydrogens is 460 g/mol. The molecule has 2 N–H and O–H groups in total. The average Bonchev–Trinajstić information content (AvgIpc) is 3.58. The number of pyridine rings is 4. The maximum absolute atomic E-state index is 5.03. The number of fused-ring (bicyclic) bond motifs is 2. The monoisotopic (exact) mass is 486 g/mol. The van der Waals surface area contributed by atoms with Crippen molar-refractivity contribution in [1.29, 1.82) is 0 Å². The Hall–Kier alpha value is -4.43. The zero-order chi connectivity index (χ0) is 24.6. The molecule has 0 amide bonds. The van der Waals surface area contributed by atoms with Gasteiger partial charge in [-0.3, -0.25) is 25.0 Å². The maximum atomic E-state index is 5.03. The maximum Gasteiger partial charge on any atom is 0.135 e. The molecule has 1 aliphatic heterocycles. The Morgan fingerprint density at radius 3 is 2.65 bits per heavy atom. The van der Waals surface area contributed by atoms with Gasteiger partial charge in [0, 0.05) is 47.8 Å². The second-order valence-electron chi connectivity index (χ2n) is 9.60. The molecule has 8 nitrogen and oxygen atoms in total. The van der Waals surface area contributed by atoms with Crippen LogP contribution in [0.4, 0.5) is 0 Å². The Kier molecular flexibility index (Phi) is 5.44. The molecule has 1 fully saturated rings. The molecule has 0 unspecified atom stereocenters. The molecule has 0 spiro atoms. The lowest BCUT2D eigenvalue weighted by Crippen LogP contribution is -2.29. The number of piperidine rings is 1. The summed E-state index contributed by atoms with van der Waals surface area (Å²) in [4.78, 5) is 24.7. The first-order chi connectivity index (χ1) is 18.3. The molecule has 6 aromatic heterocycles. The fourth-order valence-electron chi connectivity index (χ4n) is 5.23. The zero-order valence-electron chi connectivity index (χ0n) is 20.4. The highest BCUT2D eigenvalue weighted by Gasteiger charge is 2.17. The first-order valence-electron chi connectivity index (χ1n) is 12.7. The third kappa shape index (κ3) is 4.15. The predicted octanol–water partition coefficient (Wildman–Crippen LogP) is 5.61. The quantitative estimate of drug-likeness (QED) is 0.329. The van der Waals surface area contributed by atoms with Crippen LogP contribution < -0.4 is 0 Å². The Bertz CT molecular complexity index is 1700. The van der Waals surface area contributed by atoms with Gasteiger partial charge in [-0.2, -0.15) is 5.10 Å². The van der Waals surface area contributed by atoms with Crippen molar-refractivity contribution in [2.24, 2.45) is 0 Å². The van der Waals surface area contributed by atoms with Crippen LogP contribution in [0.3, 0.4) is 0 Å². The van der Waals surface area contributed by atoms with Crippen LogP contribution in [0.5, 0.6) is 0 Å². The van der Waals surface area contributed by atoms with Crippen LogP contribution in [0.25, 0.3) is 56.0 Å². The molecular formula is C29H26N8. The smallest absolute Gasteiger partial charge is 0.135 e. The Balaban J connectivity index is 1.26. The topological polar surface area (TPSA) is 99.3 Å². The highest BCUT2D eigenvalue weighted by molar-refractivity contribution is 5.98.